The highest BCUT2D eigenvalue weighted by Gasteiger charge is 2.15. The molecule has 0 amide bonds. The highest BCUT2D eigenvalue weighted by Crippen LogP contribution is 2.24. The number of nitrogen functional groups attached to an aromatic ring is 1. The maximum atomic E-state index is 13.9. The first-order valence-corrected chi connectivity index (χ1v) is 7.08. The van der Waals surface area contributed by atoms with Crippen LogP contribution in [0.2, 0.25) is 0 Å². The molecule has 1 unspecified atom stereocenters. The lowest BCUT2D eigenvalue weighted by atomic mass is 10.0. The van der Waals surface area contributed by atoms with E-state index in [2.05, 4.69) is 19.2 Å². The van der Waals surface area contributed by atoms with Gasteiger partial charge in [0.1, 0.15) is 5.82 Å². The van der Waals surface area contributed by atoms with E-state index in [1.165, 1.54) is 6.07 Å². The number of aromatic carboxylic acids is 1. The Hall–Kier alpha value is -1.78. The first-order valence-electron chi connectivity index (χ1n) is 7.08. The number of hydrogen-bond acceptors (Lipinski definition) is 3. The van der Waals surface area contributed by atoms with Crippen molar-refractivity contribution in [2.75, 3.05) is 11.1 Å². The fourth-order valence-electron chi connectivity index (χ4n) is 2.19. The second-order valence-electron chi connectivity index (χ2n) is 5.00. The zero-order valence-electron chi connectivity index (χ0n) is 12.1. The second kappa shape index (κ2) is 7.72. The summed E-state index contributed by atoms with van der Waals surface area (Å²) in [6.07, 6.45) is 4.99. The molecule has 4 N–H and O–H groups in total. The number of carboxylic acids is 1. The zero-order chi connectivity index (χ0) is 15.1. The zero-order valence-corrected chi connectivity index (χ0v) is 12.1. The molecular formula is C15H23FN2O2. The van der Waals surface area contributed by atoms with E-state index in [9.17, 15) is 9.18 Å². The number of nitrogens with two attached hydrogens (primary N) is 1. The van der Waals surface area contributed by atoms with Gasteiger partial charge in [-0.2, -0.15) is 0 Å². The molecule has 1 rings (SSSR count). The predicted octanol–water partition coefficient (Wildman–Crippen LogP) is 3.88. The summed E-state index contributed by atoms with van der Waals surface area (Å²) in [5, 5.41) is 12.1. The van der Waals surface area contributed by atoms with Crippen LogP contribution >= 0.6 is 0 Å². The summed E-state index contributed by atoms with van der Waals surface area (Å²) in [5.41, 5.74) is 5.60. The lowest BCUT2D eigenvalue weighted by Gasteiger charge is -2.20. The van der Waals surface area contributed by atoms with Crippen molar-refractivity contribution in [1.82, 2.24) is 0 Å². The Labute approximate surface area is 119 Å². The molecule has 1 aromatic carbocycles. The minimum absolute atomic E-state index is 0.0545. The van der Waals surface area contributed by atoms with E-state index in [4.69, 9.17) is 10.8 Å². The smallest absolute Gasteiger partial charge is 0.337 e. The van der Waals surface area contributed by atoms with Crippen LogP contribution in [0.1, 0.15) is 56.3 Å². The van der Waals surface area contributed by atoms with Crippen molar-refractivity contribution in [1.29, 1.82) is 0 Å². The summed E-state index contributed by atoms with van der Waals surface area (Å²) in [5.74, 6) is -1.66. The van der Waals surface area contributed by atoms with Gasteiger partial charge in [0.2, 0.25) is 0 Å². The van der Waals surface area contributed by atoms with Gasteiger partial charge in [0.05, 0.1) is 11.3 Å². The monoisotopic (exact) mass is 282 g/mol. The van der Waals surface area contributed by atoms with Crippen LogP contribution in [-0.4, -0.2) is 17.1 Å². The minimum Gasteiger partial charge on any atom is -0.478 e. The Morgan fingerprint density at radius 2 is 2.05 bits per heavy atom. The molecule has 0 aliphatic heterocycles. The fourth-order valence-corrected chi connectivity index (χ4v) is 2.19. The van der Waals surface area contributed by atoms with Crippen molar-refractivity contribution in [3.63, 3.8) is 0 Å². The van der Waals surface area contributed by atoms with E-state index in [0.29, 0.717) is 0 Å². The molecule has 0 fully saturated rings. The minimum atomic E-state index is -1.15. The highest BCUT2D eigenvalue weighted by atomic mass is 19.1. The Kier molecular flexibility index (Phi) is 6.28. The second-order valence-corrected chi connectivity index (χ2v) is 5.00. The lowest BCUT2D eigenvalue weighted by molar-refractivity contribution is 0.0698. The van der Waals surface area contributed by atoms with Gasteiger partial charge in [-0.1, -0.05) is 33.1 Å². The first kappa shape index (κ1) is 16.3. The normalized spacial score (nSPS) is 12.2. The molecule has 4 nitrogen and oxygen atoms in total. The van der Waals surface area contributed by atoms with Crippen LogP contribution in [0.25, 0.3) is 0 Å². The summed E-state index contributed by atoms with van der Waals surface area (Å²) < 4.78 is 13.9. The summed E-state index contributed by atoms with van der Waals surface area (Å²) in [7, 11) is 0. The van der Waals surface area contributed by atoms with Gasteiger partial charge < -0.3 is 16.2 Å². The summed E-state index contributed by atoms with van der Waals surface area (Å²) >= 11 is 0. The lowest BCUT2D eigenvalue weighted by Crippen LogP contribution is -2.20. The van der Waals surface area contributed by atoms with Crippen LogP contribution in [0.3, 0.4) is 0 Å². The number of benzene rings is 1. The number of hydrogen-bond donors (Lipinski definition) is 3. The Morgan fingerprint density at radius 3 is 2.60 bits per heavy atom. The number of carboxylic acid groups (broad SMARTS) is 1. The Morgan fingerprint density at radius 1 is 1.35 bits per heavy atom. The number of carbonyl (C=O) groups is 1. The molecule has 0 aromatic heterocycles. The molecule has 0 saturated carbocycles. The number of unbranched alkanes of at least 4 members (excludes halogenated alkanes) is 1. The van der Waals surface area contributed by atoms with Gasteiger partial charge in [-0.05, 0) is 25.0 Å². The molecule has 0 bridgehead atoms. The van der Waals surface area contributed by atoms with Gasteiger partial charge in [-0.3, -0.25) is 0 Å². The quantitative estimate of drug-likeness (QED) is 0.632. The molecule has 0 radical (unpaired) electrons. The SMILES string of the molecule is CCCCC(CCC)Nc1cc(C(=O)O)c(N)cc1F. The molecule has 5 heteroatoms. The van der Waals surface area contributed by atoms with Crippen LogP contribution in [0.4, 0.5) is 15.8 Å². The van der Waals surface area contributed by atoms with Crippen molar-refractivity contribution < 1.29 is 14.3 Å². The molecule has 0 aliphatic carbocycles. The summed E-state index contributed by atoms with van der Waals surface area (Å²) in [6, 6.07) is 2.50. The van der Waals surface area contributed by atoms with Crippen LogP contribution in [0.15, 0.2) is 12.1 Å². The van der Waals surface area contributed by atoms with Crippen molar-refractivity contribution >= 4 is 17.3 Å². The number of anilines is 2. The molecule has 1 aromatic rings. The fraction of sp³-hybridized carbons (Fsp3) is 0.533. The largest absolute Gasteiger partial charge is 0.478 e. The molecule has 20 heavy (non-hydrogen) atoms. The van der Waals surface area contributed by atoms with Gasteiger partial charge in [-0.25, -0.2) is 9.18 Å². The molecule has 0 saturated heterocycles. The average Bonchev–Trinajstić information content (AvgIpc) is 2.38. The first-order chi connectivity index (χ1) is 9.49. The topological polar surface area (TPSA) is 75.3 Å². The number of rotatable bonds is 8. The predicted molar refractivity (Wildman–Crippen MR) is 79.6 cm³/mol. The molecular weight excluding hydrogens is 259 g/mol. The van der Waals surface area contributed by atoms with Crippen LogP contribution in [0.5, 0.6) is 0 Å². The van der Waals surface area contributed by atoms with E-state index >= 15 is 0 Å². The van der Waals surface area contributed by atoms with E-state index in [0.717, 1.165) is 38.2 Å². The maximum Gasteiger partial charge on any atom is 0.337 e. The van der Waals surface area contributed by atoms with Gasteiger partial charge in [0.15, 0.2) is 0 Å². The van der Waals surface area contributed by atoms with Crippen molar-refractivity contribution in [2.24, 2.45) is 0 Å². The van der Waals surface area contributed by atoms with E-state index < -0.39 is 11.8 Å². The Balaban J connectivity index is 2.93. The van der Waals surface area contributed by atoms with E-state index in [1.807, 2.05) is 0 Å². The standard InChI is InChI=1S/C15H23FN2O2/c1-3-5-7-10(6-4-2)18-14-8-11(15(19)20)13(17)9-12(14)16/h8-10,18H,3-7,17H2,1-2H3,(H,19,20). The van der Waals surface area contributed by atoms with Crippen molar-refractivity contribution in [3.05, 3.63) is 23.5 Å². The van der Waals surface area contributed by atoms with E-state index in [1.54, 1.807) is 0 Å². The molecule has 0 heterocycles. The average molecular weight is 282 g/mol. The number of nitrogens with one attached hydrogen (secondary N) is 1. The van der Waals surface area contributed by atoms with Crippen molar-refractivity contribution in [2.45, 2.75) is 52.0 Å². The maximum absolute atomic E-state index is 13.9. The number of halogens is 1. The van der Waals surface area contributed by atoms with E-state index in [-0.39, 0.29) is 23.0 Å². The van der Waals surface area contributed by atoms with Gasteiger partial charge in [0, 0.05) is 11.7 Å². The molecule has 0 aliphatic rings. The highest BCUT2D eigenvalue weighted by molar-refractivity contribution is 5.94. The van der Waals surface area contributed by atoms with Gasteiger partial charge in [0.25, 0.3) is 0 Å². The van der Waals surface area contributed by atoms with Crippen LogP contribution in [-0.2, 0) is 0 Å². The van der Waals surface area contributed by atoms with Crippen molar-refractivity contribution in [3.8, 4) is 0 Å². The molecule has 1 atom stereocenters. The third kappa shape index (κ3) is 4.40. The molecule has 112 valence electrons. The summed E-state index contributed by atoms with van der Waals surface area (Å²) in [6.45, 7) is 4.18. The summed E-state index contributed by atoms with van der Waals surface area (Å²) in [4.78, 5) is 11.0. The third-order valence-electron chi connectivity index (χ3n) is 3.27. The van der Waals surface area contributed by atoms with Gasteiger partial charge in [-0.15, -0.1) is 0 Å². The van der Waals surface area contributed by atoms with Crippen LogP contribution < -0.4 is 11.1 Å². The third-order valence-corrected chi connectivity index (χ3v) is 3.27. The van der Waals surface area contributed by atoms with Gasteiger partial charge >= 0.3 is 5.97 Å². The Bertz CT molecular complexity index is 463. The molecule has 0 spiro atoms. The van der Waals surface area contributed by atoms with Crippen LogP contribution in [0, 0.1) is 5.82 Å².